The SMILES string of the molecule is CC(C)(C)OC(=O)Nc1ccc(C(F)(F)F)cc1NC(=O)Cn1cnc2ccc(F)cc2c1=O. The molecule has 34 heavy (non-hydrogen) atoms. The summed E-state index contributed by atoms with van der Waals surface area (Å²) in [7, 11) is 0. The van der Waals surface area contributed by atoms with Crippen molar-refractivity contribution in [3.63, 3.8) is 0 Å². The predicted octanol–water partition coefficient (Wildman–Crippen LogP) is 4.54. The number of hydrogen-bond donors (Lipinski definition) is 2. The van der Waals surface area contributed by atoms with E-state index in [1.54, 1.807) is 20.8 Å². The number of ether oxygens (including phenoxy) is 1. The minimum absolute atomic E-state index is 0.0679. The average molecular weight is 480 g/mol. The molecular formula is C22H20F4N4O4. The second kappa shape index (κ2) is 9.12. The first-order valence-corrected chi connectivity index (χ1v) is 9.89. The molecule has 0 spiro atoms. The molecule has 1 aromatic heterocycles. The van der Waals surface area contributed by atoms with E-state index in [4.69, 9.17) is 4.74 Å². The average Bonchev–Trinajstić information content (AvgIpc) is 2.69. The van der Waals surface area contributed by atoms with Crippen LogP contribution in [0.1, 0.15) is 26.3 Å². The molecule has 0 aliphatic carbocycles. The van der Waals surface area contributed by atoms with Gasteiger partial charge in [0, 0.05) is 0 Å². The number of benzene rings is 2. The third-order valence-electron chi connectivity index (χ3n) is 4.36. The van der Waals surface area contributed by atoms with Crippen molar-refractivity contribution in [3.8, 4) is 0 Å². The summed E-state index contributed by atoms with van der Waals surface area (Å²) in [4.78, 5) is 41.2. The van der Waals surface area contributed by atoms with Crippen LogP contribution >= 0.6 is 0 Å². The third-order valence-corrected chi connectivity index (χ3v) is 4.36. The van der Waals surface area contributed by atoms with Crippen molar-refractivity contribution in [2.24, 2.45) is 0 Å². The van der Waals surface area contributed by atoms with E-state index in [2.05, 4.69) is 15.6 Å². The van der Waals surface area contributed by atoms with Gasteiger partial charge in [0.15, 0.2) is 0 Å². The molecule has 3 rings (SSSR count). The van der Waals surface area contributed by atoms with E-state index in [1.807, 2.05) is 0 Å². The van der Waals surface area contributed by atoms with Crippen LogP contribution in [0.25, 0.3) is 10.9 Å². The zero-order valence-electron chi connectivity index (χ0n) is 18.3. The molecule has 0 atom stereocenters. The van der Waals surface area contributed by atoms with E-state index in [1.165, 1.54) is 6.07 Å². The van der Waals surface area contributed by atoms with Crippen LogP contribution in [-0.4, -0.2) is 27.2 Å². The fourth-order valence-electron chi connectivity index (χ4n) is 2.93. The Labute approximate surface area is 190 Å². The summed E-state index contributed by atoms with van der Waals surface area (Å²) >= 11 is 0. The number of carbonyl (C=O) groups is 2. The highest BCUT2D eigenvalue weighted by atomic mass is 19.4. The molecular weight excluding hydrogens is 460 g/mol. The number of rotatable bonds is 4. The molecule has 0 saturated carbocycles. The van der Waals surface area contributed by atoms with Crippen LogP contribution in [0.2, 0.25) is 0 Å². The van der Waals surface area contributed by atoms with Gasteiger partial charge in [0.1, 0.15) is 18.0 Å². The van der Waals surface area contributed by atoms with Gasteiger partial charge in [-0.1, -0.05) is 0 Å². The second-order valence-electron chi connectivity index (χ2n) is 8.27. The van der Waals surface area contributed by atoms with Gasteiger partial charge >= 0.3 is 12.3 Å². The number of anilines is 2. The molecule has 0 radical (unpaired) electrons. The van der Waals surface area contributed by atoms with Gasteiger partial charge in [0.25, 0.3) is 5.56 Å². The van der Waals surface area contributed by atoms with E-state index in [-0.39, 0.29) is 22.3 Å². The molecule has 0 aliphatic heterocycles. The monoisotopic (exact) mass is 480 g/mol. The molecule has 2 amide bonds. The van der Waals surface area contributed by atoms with Crippen LogP contribution in [0.5, 0.6) is 0 Å². The lowest BCUT2D eigenvalue weighted by Gasteiger charge is -2.21. The van der Waals surface area contributed by atoms with E-state index < -0.39 is 47.3 Å². The predicted molar refractivity (Wildman–Crippen MR) is 116 cm³/mol. The summed E-state index contributed by atoms with van der Waals surface area (Å²) in [6, 6.07) is 5.73. The maximum absolute atomic E-state index is 13.5. The van der Waals surface area contributed by atoms with Gasteiger partial charge in [-0.2, -0.15) is 13.2 Å². The van der Waals surface area contributed by atoms with Crippen molar-refractivity contribution in [2.45, 2.75) is 39.1 Å². The van der Waals surface area contributed by atoms with Crippen molar-refractivity contribution in [1.29, 1.82) is 0 Å². The van der Waals surface area contributed by atoms with Crippen molar-refractivity contribution in [1.82, 2.24) is 9.55 Å². The van der Waals surface area contributed by atoms with Crippen LogP contribution in [0.4, 0.5) is 33.7 Å². The number of aromatic nitrogens is 2. The third kappa shape index (κ3) is 6.09. The minimum atomic E-state index is -4.72. The van der Waals surface area contributed by atoms with Crippen molar-refractivity contribution in [2.75, 3.05) is 10.6 Å². The highest BCUT2D eigenvalue weighted by molar-refractivity contribution is 5.98. The second-order valence-corrected chi connectivity index (χ2v) is 8.27. The Kier molecular flexibility index (Phi) is 6.62. The van der Waals surface area contributed by atoms with Crippen LogP contribution < -0.4 is 16.2 Å². The minimum Gasteiger partial charge on any atom is -0.444 e. The summed E-state index contributed by atoms with van der Waals surface area (Å²) < 4.78 is 59.0. The summed E-state index contributed by atoms with van der Waals surface area (Å²) in [5.41, 5.74) is -2.96. The normalized spacial score (nSPS) is 11.9. The Hall–Kier alpha value is -3.96. The number of amides is 2. The summed E-state index contributed by atoms with van der Waals surface area (Å²) in [6.45, 7) is 4.18. The molecule has 0 saturated heterocycles. The Morgan fingerprint density at radius 2 is 1.74 bits per heavy atom. The van der Waals surface area contributed by atoms with E-state index in [0.29, 0.717) is 6.07 Å². The fourth-order valence-corrected chi connectivity index (χ4v) is 2.93. The molecule has 0 unspecified atom stereocenters. The number of carbonyl (C=O) groups excluding carboxylic acids is 2. The van der Waals surface area contributed by atoms with Gasteiger partial charge < -0.3 is 10.1 Å². The summed E-state index contributed by atoms with van der Waals surface area (Å²) in [5, 5.41) is 4.48. The summed E-state index contributed by atoms with van der Waals surface area (Å²) in [5.74, 6) is -1.55. The standard InChI is InChI=1S/C22H20F4N4O4/c1-21(2,3)34-20(33)29-16-6-4-12(22(24,25)26)8-17(16)28-18(31)10-30-11-27-15-7-5-13(23)9-14(15)19(30)32/h4-9,11H,10H2,1-3H3,(H,28,31)(H,29,33). The Morgan fingerprint density at radius 3 is 2.38 bits per heavy atom. The van der Waals surface area contributed by atoms with Crippen molar-refractivity contribution < 1.29 is 31.9 Å². The highest BCUT2D eigenvalue weighted by Gasteiger charge is 2.31. The van der Waals surface area contributed by atoms with Crippen LogP contribution in [-0.2, 0) is 22.3 Å². The van der Waals surface area contributed by atoms with Crippen LogP contribution in [0.15, 0.2) is 47.5 Å². The summed E-state index contributed by atoms with van der Waals surface area (Å²) in [6.07, 6.45) is -4.60. The largest absolute Gasteiger partial charge is 0.444 e. The van der Waals surface area contributed by atoms with Crippen molar-refractivity contribution in [3.05, 3.63) is 64.5 Å². The molecule has 0 fully saturated rings. The molecule has 180 valence electrons. The first kappa shape index (κ1) is 24.7. The van der Waals surface area contributed by atoms with Gasteiger partial charge in [0.05, 0.1) is 34.2 Å². The number of fused-ring (bicyclic) bond motifs is 1. The van der Waals surface area contributed by atoms with E-state index in [9.17, 15) is 31.9 Å². The van der Waals surface area contributed by atoms with E-state index >= 15 is 0 Å². The molecule has 8 nitrogen and oxygen atoms in total. The molecule has 2 N–H and O–H groups in total. The maximum atomic E-state index is 13.5. The van der Waals surface area contributed by atoms with Crippen molar-refractivity contribution >= 4 is 34.3 Å². The lowest BCUT2D eigenvalue weighted by molar-refractivity contribution is -0.137. The van der Waals surface area contributed by atoms with Gasteiger partial charge in [-0.05, 0) is 57.2 Å². The zero-order valence-corrected chi connectivity index (χ0v) is 18.3. The Morgan fingerprint density at radius 1 is 1.03 bits per heavy atom. The number of nitrogens with one attached hydrogen (secondary N) is 2. The molecule has 2 aromatic carbocycles. The number of alkyl halides is 3. The number of hydrogen-bond acceptors (Lipinski definition) is 5. The number of nitrogens with zero attached hydrogens (tertiary/aromatic N) is 2. The van der Waals surface area contributed by atoms with E-state index in [0.717, 1.165) is 35.2 Å². The lowest BCUT2D eigenvalue weighted by atomic mass is 10.1. The quantitative estimate of drug-likeness (QED) is 0.534. The first-order chi connectivity index (χ1) is 15.7. The molecule has 0 aliphatic rings. The maximum Gasteiger partial charge on any atom is 0.416 e. The lowest BCUT2D eigenvalue weighted by Crippen LogP contribution is -2.29. The van der Waals surface area contributed by atoms with Crippen LogP contribution in [0.3, 0.4) is 0 Å². The molecule has 12 heteroatoms. The van der Waals surface area contributed by atoms with Gasteiger partial charge in [-0.25, -0.2) is 14.2 Å². The first-order valence-electron chi connectivity index (χ1n) is 9.89. The van der Waals surface area contributed by atoms with Gasteiger partial charge in [0.2, 0.25) is 5.91 Å². The highest BCUT2D eigenvalue weighted by Crippen LogP contribution is 2.34. The van der Waals surface area contributed by atoms with Crippen LogP contribution in [0, 0.1) is 5.82 Å². The molecule has 0 bridgehead atoms. The van der Waals surface area contributed by atoms with Gasteiger partial charge in [-0.15, -0.1) is 0 Å². The molecule has 1 heterocycles. The fraction of sp³-hybridized carbons (Fsp3) is 0.273. The smallest absolute Gasteiger partial charge is 0.416 e. The van der Waals surface area contributed by atoms with Gasteiger partial charge in [-0.3, -0.25) is 19.5 Å². The topological polar surface area (TPSA) is 102 Å². The molecule has 3 aromatic rings. The zero-order chi connectivity index (χ0) is 25.3. The Bertz CT molecular complexity index is 1310. The Balaban J connectivity index is 1.88. The number of halogens is 4.